The Morgan fingerprint density at radius 3 is 1.49 bits per heavy atom. The molecule has 0 amide bonds. The van der Waals surface area contributed by atoms with Gasteiger partial charge in [-0.05, 0) is 94.4 Å². The number of nitrogens with zero attached hydrogens (tertiary/aromatic N) is 1. The van der Waals surface area contributed by atoms with Crippen molar-refractivity contribution in [2.45, 2.75) is 6.42 Å². The van der Waals surface area contributed by atoms with Crippen LogP contribution in [-0.2, 0) is 0 Å². The highest BCUT2D eigenvalue weighted by molar-refractivity contribution is 6.13. The van der Waals surface area contributed by atoms with Crippen LogP contribution in [0.2, 0.25) is 0 Å². The second-order valence-corrected chi connectivity index (χ2v) is 11.8. The van der Waals surface area contributed by atoms with Gasteiger partial charge in [-0.1, -0.05) is 109 Å². The number of nitrogens with one attached hydrogen (secondary N) is 1. The van der Waals surface area contributed by atoms with Crippen LogP contribution >= 0.6 is 0 Å². The molecule has 1 N–H and O–H groups in total. The fraction of sp³-hybridized carbons (Fsp3) is 0.0233. The maximum absolute atomic E-state index is 3.63. The molecule has 2 aromatic heterocycles. The molecule has 2 nitrogen and oxygen atoms in total. The molecular weight excluding hydrogens is 544 g/mol. The number of fused-ring (bicyclic) bond motifs is 6. The van der Waals surface area contributed by atoms with Crippen LogP contribution < -0.4 is 0 Å². The van der Waals surface area contributed by atoms with Crippen LogP contribution in [0, 0.1) is 0 Å². The highest BCUT2D eigenvalue weighted by Gasteiger charge is 2.16. The number of allylic oxidation sites excluding steroid dienone is 6. The van der Waals surface area contributed by atoms with Gasteiger partial charge < -0.3 is 9.55 Å². The molecule has 0 saturated carbocycles. The van der Waals surface area contributed by atoms with Crippen molar-refractivity contribution in [1.29, 1.82) is 0 Å². The summed E-state index contributed by atoms with van der Waals surface area (Å²) >= 11 is 0. The van der Waals surface area contributed by atoms with E-state index in [9.17, 15) is 0 Å². The van der Waals surface area contributed by atoms with E-state index >= 15 is 0 Å². The Bertz CT molecular complexity index is 2490. The molecule has 0 unspecified atom stereocenters. The first-order valence-corrected chi connectivity index (χ1v) is 15.6. The standard InChI is InChI=1S/C43H30N2/c1-2-10-16-35(15-9-1)45-42-23-19-32(30-13-7-4-8-14-30)27-38(42)39-28-34(20-24-43(39)45)33-18-22-41-37(26-33)36-25-31(17-21-40(36)44-41)29-11-5-3-6-12-29/h1-9,11-28,44H,10H2. The summed E-state index contributed by atoms with van der Waals surface area (Å²) in [6, 6.07) is 48.7. The number of rotatable bonds is 4. The zero-order chi connectivity index (χ0) is 29.7. The number of H-pyrrole nitrogens is 1. The molecule has 2 heterocycles. The second-order valence-electron chi connectivity index (χ2n) is 11.8. The smallest absolute Gasteiger partial charge is 0.0541 e. The monoisotopic (exact) mass is 574 g/mol. The Labute approximate surface area is 261 Å². The summed E-state index contributed by atoms with van der Waals surface area (Å²) in [6.45, 7) is 0. The minimum absolute atomic E-state index is 0.917. The molecule has 8 aromatic rings. The van der Waals surface area contributed by atoms with Gasteiger partial charge in [-0.2, -0.15) is 0 Å². The summed E-state index contributed by atoms with van der Waals surface area (Å²) < 4.78 is 2.42. The Morgan fingerprint density at radius 1 is 0.444 bits per heavy atom. The van der Waals surface area contributed by atoms with Crippen LogP contribution in [0.1, 0.15) is 6.42 Å². The third-order valence-electron chi connectivity index (χ3n) is 9.15. The van der Waals surface area contributed by atoms with Crippen molar-refractivity contribution < 1.29 is 0 Å². The largest absolute Gasteiger partial charge is 0.355 e. The van der Waals surface area contributed by atoms with E-state index in [0.29, 0.717) is 0 Å². The van der Waals surface area contributed by atoms with Gasteiger partial charge in [0.25, 0.3) is 0 Å². The molecular formula is C43H30N2. The third-order valence-corrected chi connectivity index (χ3v) is 9.15. The normalized spacial score (nSPS) is 13.2. The number of aromatic amines is 1. The van der Waals surface area contributed by atoms with Crippen LogP contribution in [0.15, 0.2) is 164 Å². The van der Waals surface area contributed by atoms with E-state index in [1.165, 1.54) is 71.7 Å². The van der Waals surface area contributed by atoms with E-state index in [1.54, 1.807) is 0 Å². The molecule has 0 bridgehead atoms. The summed E-state index contributed by atoms with van der Waals surface area (Å²) in [6.07, 6.45) is 11.9. The van der Waals surface area contributed by atoms with Crippen LogP contribution in [0.25, 0.3) is 82.7 Å². The highest BCUT2D eigenvalue weighted by Crippen LogP contribution is 2.39. The highest BCUT2D eigenvalue weighted by atomic mass is 15.0. The van der Waals surface area contributed by atoms with Crippen molar-refractivity contribution in [3.63, 3.8) is 0 Å². The van der Waals surface area contributed by atoms with Gasteiger partial charge in [-0.3, -0.25) is 0 Å². The Balaban J connectivity index is 1.24. The Kier molecular flexibility index (Phi) is 5.92. The summed E-state index contributed by atoms with van der Waals surface area (Å²) in [4.78, 5) is 3.63. The fourth-order valence-electron chi connectivity index (χ4n) is 6.91. The first kappa shape index (κ1) is 25.6. The maximum atomic E-state index is 3.63. The molecule has 1 aliphatic carbocycles. The predicted octanol–water partition coefficient (Wildman–Crippen LogP) is 11.8. The van der Waals surface area contributed by atoms with Crippen LogP contribution in [0.4, 0.5) is 0 Å². The number of hydrogen-bond donors (Lipinski definition) is 1. The van der Waals surface area contributed by atoms with Crippen LogP contribution in [0.5, 0.6) is 0 Å². The van der Waals surface area contributed by atoms with Crippen molar-refractivity contribution in [2.75, 3.05) is 0 Å². The molecule has 0 fully saturated rings. The lowest BCUT2D eigenvalue weighted by Crippen LogP contribution is -1.94. The molecule has 212 valence electrons. The lowest BCUT2D eigenvalue weighted by Gasteiger charge is -2.10. The molecule has 6 aromatic carbocycles. The Hall–Kier alpha value is -5.86. The molecule has 0 radical (unpaired) electrons. The first-order chi connectivity index (χ1) is 22.3. The van der Waals surface area contributed by atoms with Gasteiger partial charge in [-0.25, -0.2) is 0 Å². The minimum Gasteiger partial charge on any atom is -0.355 e. The predicted molar refractivity (Wildman–Crippen MR) is 192 cm³/mol. The minimum atomic E-state index is 0.917. The first-order valence-electron chi connectivity index (χ1n) is 15.6. The lowest BCUT2D eigenvalue weighted by molar-refractivity contribution is 1.22. The van der Waals surface area contributed by atoms with Gasteiger partial charge >= 0.3 is 0 Å². The molecule has 0 spiro atoms. The van der Waals surface area contributed by atoms with E-state index < -0.39 is 0 Å². The van der Waals surface area contributed by atoms with Gasteiger partial charge in [-0.15, -0.1) is 0 Å². The van der Waals surface area contributed by atoms with Crippen molar-refractivity contribution in [1.82, 2.24) is 9.55 Å². The van der Waals surface area contributed by atoms with Gasteiger partial charge in [0.1, 0.15) is 0 Å². The summed E-state index contributed by atoms with van der Waals surface area (Å²) in [5.74, 6) is 0. The summed E-state index contributed by atoms with van der Waals surface area (Å²) in [7, 11) is 0. The molecule has 1 aliphatic rings. The molecule has 0 aliphatic heterocycles. The molecule has 45 heavy (non-hydrogen) atoms. The second kappa shape index (κ2) is 10.4. The molecule has 0 atom stereocenters. The Morgan fingerprint density at radius 2 is 0.933 bits per heavy atom. The van der Waals surface area contributed by atoms with Crippen LogP contribution in [0.3, 0.4) is 0 Å². The van der Waals surface area contributed by atoms with E-state index in [0.717, 1.165) is 17.5 Å². The van der Waals surface area contributed by atoms with Gasteiger partial charge in [0.2, 0.25) is 0 Å². The van der Waals surface area contributed by atoms with E-state index in [4.69, 9.17) is 0 Å². The van der Waals surface area contributed by atoms with E-state index in [1.807, 2.05) is 0 Å². The molecule has 9 rings (SSSR count). The van der Waals surface area contributed by atoms with Crippen LogP contribution in [-0.4, -0.2) is 9.55 Å². The van der Waals surface area contributed by atoms with Gasteiger partial charge in [0.05, 0.1) is 11.0 Å². The van der Waals surface area contributed by atoms with E-state index in [-0.39, 0.29) is 0 Å². The topological polar surface area (TPSA) is 20.7 Å². The average molecular weight is 575 g/mol. The molecule has 0 saturated heterocycles. The number of benzene rings is 6. The molecule has 2 heteroatoms. The average Bonchev–Trinajstić information content (AvgIpc) is 3.49. The lowest BCUT2D eigenvalue weighted by atomic mass is 9.98. The van der Waals surface area contributed by atoms with Gasteiger partial charge in [0.15, 0.2) is 0 Å². The quantitative estimate of drug-likeness (QED) is 0.216. The zero-order valence-electron chi connectivity index (χ0n) is 24.7. The summed E-state index contributed by atoms with van der Waals surface area (Å²) in [5, 5.41) is 5.02. The number of aromatic nitrogens is 2. The summed E-state index contributed by atoms with van der Waals surface area (Å²) in [5.41, 5.74) is 13.3. The van der Waals surface area contributed by atoms with E-state index in [2.05, 4.69) is 173 Å². The van der Waals surface area contributed by atoms with Crippen molar-refractivity contribution in [3.8, 4) is 33.4 Å². The SMILES string of the molecule is C1=CCC=C(n2c3ccc(-c4ccccc4)cc3c3cc(-c4ccc5[nH]c6ccc(-c7ccccc7)cc6c5c4)ccc32)C=C1. The zero-order valence-corrected chi connectivity index (χ0v) is 24.7. The maximum Gasteiger partial charge on any atom is 0.0541 e. The third kappa shape index (κ3) is 4.34. The van der Waals surface area contributed by atoms with Crippen molar-refractivity contribution in [3.05, 3.63) is 164 Å². The van der Waals surface area contributed by atoms with Gasteiger partial charge in [0, 0.05) is 38.3 Å². The fourth-order valence-corrected chi connectivity index (χ4v) is 6.91. The number of hydrogen-bond acceptors (Lipinski definition) is 0. The van der Waals surface area contributed by atoms with Crippen molar-refractivity contribution >= 4 is 49.3 Å². The van der Waals surface area contributed by atoms with Crippen molar-refractivity contribution in [2.24, 2.45) is 0 Å².